The molecule has 1 unspecified atom stereocenters. The predicted octanol–water partition coefficient (Wildman–Crippen LogP) is 1.29. The van der Waals surface area contributed by atoms with E-state index < -0.39 is 10.0 Å². The van der Waals surface area contributed by atoms with E-state index >= 15 is 0 Å². The smallest absolute Gasteiger partial charge is 0.273 e. The van der Waals surface area contributed by atoms with Crippen LogP contribution in [0.25, 0.3) is 11.3 Å². The van der Waals surface area contributed by atoms with E-state index in [1.807, 2.05) is 24.3 Å². The van der Waals surface area contributed by atoms with E-state index in [2.05, 4.69) is 10.2 Å². The molecule has 2 aromatic rings. The highest BCUT2D eigenvalue weighted by atomic mass is 32.2. The summed E-state index contributed by atoms with van der Waals surface area (Å²) in [5.41, 5.74) is 1.88. The number of amides is 1. The lowest BCUT2D eigenvalue weighted by Gasteiger charge is -2.38. The zero-order chi connectivity index (χ0) is 18.3. The monoisotopic (exact) mass is 376 g/mol. The van der Waals surface area contributed by atoms with Gasteiger partial charge < -0.3 is 9.64 Å². The Labute approximate surface area is 151 Å². The molecule has 0 spiro atoms. The molecule has 1 aromatic carbocycles. The number of aromatic amines is 1. The van der Waals surface area contributed by atoms with E-state index in [0.29, 0.717) is 24.4 Å². The third-order valence-electron chi connectivity index (χ3n) is 4.94. The first-order valence-corrected chi connectivity index (χ1v) is 10.1. The maximum atomic E-state index is 12.9. The van der Waals surface area contributed by atoms with Gasteiger partial charge in [-0.3, -0.25) is 9.89 Å². The number of methoxy groups -OCH3 is 1. The van der Waals surface area contributed by atoms with Crippen molar-refractivity contribution in [2.75, 3.05) is 26.0 Å². The molecule has 138 valence electrons. The first kappa shape index (κ1) is 17.0. The minimum Gasteiger partial charge on any atom is -0.497 e. The molecule has 0 bridgehead atoms. The van der Waals surface area contributed by atoms with E-state index in [-0.39, 0.29) is 24.4 Å². The number of ether oxygens (including phenoxy) is 1. The van der Waals surface area contributed by atoms with Gasteiger partial charge in [0.2, 0.25) is 10.0 Å². The molecule has 2 saturated heterocycles. The van der Waals surface area contributed by atoms with Gasteiger partial charge >= 0.3 is 0 Å². The molecule has 0 aliphatic carbocycles. The fourth-order valence-electron chi connectivity index (χ4n) is 3.57. The topological polar surface area (TPSA) is 95.6 Å². The maximum Gasteiger partial charge on any atom is 0.273 e. The zero-order valence-electron chi connectivity index (χ0n) is 14.4. The molecule has 1 amide bonds. The SMILES string of the molecule is COc1ccc(-c2cc(C(=O)N3CCS(=O)(=O)N4CCCC34)[nH]n2)cc1. The van der Waals surface area contributed by atoms with Crippen LogP contribution in [0.2, 0.25) is 0 Å². The highest BCUT2D eigenvalue weighted by Crippen LogP contribution is 2.29. The van der Waals surface area contributed by atoms with Crippen LogP contribution in [0, 0.1) is 0 Å². The summed E-state index contributed by atoms with van der Waals surface area (Å²) in [4.78, 5) is 14.5. The van der Waals surface area contributed by atoms with Gasteiger partial charge in [0.15, 0.2) is 0 Å². The second-order valence-corrected chi connectivity index (χ2v) is 8.48. The fraction of sp³-hybridized carbons (Fsp3) is 0.412. The number of nitrogens with zero attached hydrogens (tertiary/aromatic N) is 3. The molecule has 26 heavy (non-hydrogen) atoms. The molecule has 3 heterocycles. The summed E-state index contributed by atoms with van der Waals surface area (Å²) >= 11 is 0. The molecular formula is C17H20N4O4S. The van der Waals surface area contributed by atoms with Gasteiger partial charge in [0.1, 0.15) is 11.4 Å². The summed E-state index contributed by atoms with van der Waals surface area (Å²) in [5, 5.41) is 7.02. The average Bonchev–Trinajstić information content (AvgIpc) is 3.32. The van der Waals surface area contributed by atoms with E-state index in [1.165, 1.54) is 4.31 Å². The quantitative estimate of drug-likeness (QED) is 0.871. The van der Waals surface area contributed by atoms with Crippen LogP contribution in [0.4, 0.5) is 0 Å². The van der Waals surface area contributed by atoms with Crippen LogP contribution in [0.1, 0.15) is 23.3 Å². The first-order valence-electron chi connectivity index (χ1n) is 8.50. The van der Waals surface area contributed by atoms with Gasteiger partial charge in [-0.05, 0) is 43.2 Å². The van der Waals surface area contributed by atoms with Gasteiger partial charge in [0.05, 0.1) is 24.7 Å². The van der Waals surface area contributed by atoms with E-state index in [0.717, 1.165) is 17.7 Å². The summed E-state index contributed by atoms with van der Waals surface area (Å²) in [5.74, 6) is 0.495. The molecule has 1 atom stereocenters. The summed E-state index contributed by atoms with van der Waals surface area (Å²) < 4.78 is 30.9. The lowest BCUT2D eigenvalue weighted by atomic mass is 10.1. The second-order valence-electron chi connectivity index (χ2n) is 6.44. The van der Waals surface area contributed by atoms with Crippen molar-refractivity contribution in [3.63, 3.8) is 0 Å². The maximum absolute atomic E-state index is 12.9. The van der Waals surface area contributed by atoms with E-state index in [1.54, 1.807) is 18.1 Å². The summed E-state index contributed by atoms with van der Waals surface area (Å²) in [6.07, 6.45) is 1.06. The Balaban J connectivity index is 1.56. The molecule has 4 rings (SSSR count). The van der Waals surface area contributed by atoms with Crippen LogP contribution < -0.4 is 4.74 Å². The number of carbonyl (C=O) groups is 1. The van der Waals surface area contributed by atoms with Crippen LogP contribution >= 0.6 is 0 Å². The number of rotatable bonds is 3. The van der Waals surface area contributed by atoms with Gasteiger partial charge in [-0.15, -0.1) is 0 Å². The number of hydrogen-bond acceptors (Lipinski definition) is 5. The Morgan fingerprint density at radius 3 is 2.77 bits per heavy atom. The van der Waals surface area contributed by atoms with Crippen molar-refractivity contribution in [3.05, 3.63) is 36.0 Å². The summed E-state index contributed by atoms with van der Waals surface area (Å²) in [6.45, 7) is 0.691. The van der Waals surface area contributed by atoms with Crippen molar-refractivity contribution in [2.24, 2.45) is 0 Å². The van der Waals surface area contributed by atoms with Gasteiger partial charge in [-0.1, -0.05) is 0 Å². The molecule has 0 radical (unpaired) electrons. The Kier molecular flexibility index (Phi) is 4.20. The van der Waals surface area contributed by atoms with Crippen LogP contribution in [-0.2, 0) is 10.0 Å². The first-order chi connectivity index (χ1) is 12.5. The van der Waals surface area contributed by atoms with Gasteiger partial charge in [0, 0.05) is 18.7 Å². The largest absolute Gasteiger partial charge is 0.497 e. The van der Waals surface area contributed by atoms with E-state index in [4.69, 9.17) is 4.74 Å². The Morgan fingerprint density at radius 2 is 2.04 bits per heavy atom. The van der Waals surface area contributed by atoms with Crippen molar-refractivity contribution in [3.8, 4) is 17.0 Å². The van der Waals surface area contributed by atoms with Crippen molar-refractivity contribution >= 4 is 15.9 Å². The number of hydrogen-bond donors (Lipinski definition) is 1. The minimum atomic E-state index is -3.25. The third-order valence-corrected chi connectivity index (χ3v) is 6.77. The highest BCUT2D eigenvalue weighted by molar-refractivity contribution is 7.89. The fourth-order valence-corrected chi connectivity index (χ4v) is 5.23. The van der Waals surface area contributed by atoms with Crippen molar-refractivity contribution in [1.82, 2.24) is 19.4 Å². The van der Waals surface area contributed by atoms with Crippen LogP contribution in [0.15, 0.2) is 30.3 Å². The lowest BCUT2D eigenvalue weighted by Crippen LogP contribution is -2.56. The Hall–Kier alpha value is -2.39. The molecule has 2 aliphatic heterocycles. The number of fused-ring (bicyclic) bond motifs is 1. The average molecular weight is 376 g/mol. The van der Waals surface area contributed by atoms with Gasteiger partial charge in [0.25, 0.3) is 5.91 Å². The summed E-state index contributed by atoms with van der Waals surface area (Å²) in [7, 11) is -1.65. The van der Waals surface area contributed by atoms with Crippen molar-refractivity contribution < 1.29 is 17.9 Å². The van der Waals surface area contributed by atoms with E-state index in [9.17, 15) is 13.2 Å². The predicted molar refractivity (Wildman–Crippen MR) is 95.1 cm³/mol. The number of nitrogens with one attached hydrogen (secondary N) is 1. The zero-order valence-corrected chi connectivity index (χ0v) is 15.2. The molecular weight excluding hydrogens is 356 g/mol. The number of aromatic nitrogens is 2. The molecule has 1 aromatic heterocycles. The Bertz CT molecular complexity index is 922. The van der Waals surface area contributed by atoms with Crippen molar-refractivity contribution in [1.29, 1.82) is 0 Å². The molecule has 9 heteroatoms. The number of benzene rings is 1. The van der Waals surface area contributed by atoms with Crippen LogP contribution in [0.3, 0.4) is 0 Å². The van der Waals surface area contributed by atoms with Gasteiger partial charge in [-0.25, -0.2) is 8.42 Å². The highest BCUT2D eigenvalue weighted by Gasteiger charge is 2.44. The van der Waals surface area contributed by atoms with Gasteiger partial charge in [-0.2, -0.15) is 9.40 Å². The molecule has 1 N–H and O–H groups in total. The normalized spacial score (nSPS) is 22.2. The minimum absolute atomic E-state index is 0.0330. The molecule has 0 saturated carbocycles. The van der Waals surface area contributed by atoms with Crippen LogP contribution in [-0.4, -0.2) is 65.8 Å². The molecule has 8 nitrogen and oxygen atoms in total. The standard InChI is InChI=1S/C17H20N4O4S/c1-25-13-6-4-12(5-7-13)14-11-15(19-18-14)17(22)20-9-10-26(23,24)21-8-2-3-16(20)21/h4-7,11,16H,2-3,8-10H2,1H3,(H,18,19). The lowest BCUT2D eigenvalue weighted by molar-refractivity contribution is 0.0561. The molecule has 2 fully saturated rings. The van der Waals surface area contributed by atoms with Crippen LogP contribution in [0.5, 0.6) is 5.75 Å². The Morgan fingerprint density at radius 1 is 1.27 bits per heavy atom. The van der Waals surface area contributed by atoms with Crippen molar-refractivity contribution in [2.45, 2.75) is 19.0 Å². The molecule has 2 aliphatic rings. The second kappa shape index (κ2) is 6.40. The third kappa shape index (κ3) is 2.86. The number of H-pyrrole nitrogens is 1. The number of carbonyl (C=O) groups excluding carboxylic acids is 1. The summed E-state index contributed by atoms with van der Waals surface area (Å²) in [6, 6.07) is 9.10. The number of sulfonamides is 1.